The van der Waals surface area contributed by atoms with Gasteiger partial charge < -0.3 is 10.1 Å². The second-order valence-corrected chi connectivity index (χ2v) is 6.99. The van der Waals surface area contributed by atoms with Gasteiger partial charge in [-0.05, 0) is 49.1 Å². The highest BCUT2D eigenvalue weighted by Gasteiger charge is 2.46. The van der Waals surface area contributed by atoms with E-state index < -0.39 is 11.7 Å². The molecule has 5 nitrogen and oxygen atoms in total. The van der Waals surface area contributed by atoms with Gasteiger partial charge in [-0.2, -0.15) is 0 Å². The summed E-state index contributed by atoms with van der Waals surface area (Å²) in [5.41, 5.74) is 2.78. The number of hydrogen-bond acceptors (Lipinski definition) is 4. The van der Waals surface area contributed by atoms with Crippen molar-refractivity contribution in [1.82, 2.24) is 9.97 Å². The number of anilines is 1. The average Bonchev–Trinajstić information content (AvgIpc) is 3.52. The van der Waals surface area contributed by atoms with Gasteiger partial charge in [-0.25, -0.2) is 9.37 Å². The molecule has 0 saturated heterocycles. The number of nitrogens with zero attached hydrogens (tertiary/aromatic N) is 2. The number of pyridine rings is 2. The maximum atomic E-state index is 13.6. The van der Waals surface area contributed by atoms with Crippen molar-refractivity contribution in [3.63, 3.8) is 0 Å². The maximum Gasteiger partial charge on any atom is 0.258 e. The fraction of sp³-hybridized carbons (Fsp3) is 0.227. The van der Waals surface area contributed by atoms with Crippen molar-refractivity contribution in [1.29, 1.82) is 0 Å². The third kappa shape index (κ3) is 3.22. The van der Waals surface area contributed by atoms with Crippen LogP contribution in [0.15, 0.2) is 55.0 Å². The Morgan fingerprint density at radius 2 is 1.79 bits per heavy atom. The van der Waals surface area contributed by atoms with Crippen LogP contribution in [0.3, 0.4) is 0 Å². The molecule has 0 bridgehead atoms. The molecule has 0 atom stereocenters. The monoisotopic (exact) mass is 377 g/mol. The van der Waals surface area contributed by atoms with Crippen LogP contribution in [0.4, 0.5) is 10.2 Å². The van der Waals surface area contributed by atoms with Crippen LogP contribution in [0, 0.1) is 12.7 Å². The van der Waals surface area contributed by atoms with Crippen LogP contribution < -0.4 is 10.1 Å². The lowest BCUT2D eigenvalue weighted by molar-refractivity contribution is 0.102. The molecule has 0 spiro atoms. The van der Waals surface area contributed by atoms with Crippen LogP contribution in [-0.2, 0) is 5.41 Å². The van der Waals surface area contributed by atoms with Crippen molar-refractivity contribution in [3.05, 3.63) is 83.1 Å². The number of carbonyl (C=O) groups is 1. The topological polar surface area (TPSA) is 64.1 Å². The Morgan fingerprint density at radius 3 is 2.39 bits per heavy atom. The molecule has 4 rings (SSSR count). The van der Waals surface area contributed by atoms with E-state index in [1.807, 2.05) is 18.2 Å². The van der Waals surface area contributed by atoms with Crippen molar-refractivity contribution in [3.8, 4) is 5.75 Å². The summed E-state index contributed by atoms with van der Waals surface area (Å²) in [6.07, 6.45) is 6.35. The van der Waals surface area contributed by atoms with E-state index in [0.29, 0.717) is 5.82 Å². The summed E-state index contributed by atoms with van der Waals surface area (Å²) in [7, 11) is 1.65. The molecule has 1 aliphatic carbocycles. The number of ether oxygens (including phenoxy) is 1. The van der Waals surface area contributed by atoms with Crippen molar-refractivity contribution in [2.45, 2.75) is 25.2 Å². The zero-order valence-electron chi connectivity index (χ0n) is 15.7. The second kappa shape index (κ2) is 7.03. The minimum atomic E-state index is -0.508. The highest BCUT2D eigenvalue weighted by molar-refractivity contribution is 6.04. The highest BCUT2D eigenvalue weighted by atomic mass is 19.1. The fourth-order valence-corrected chi connectivity index (χ4v) is 3.44. The molecular formula is C22H20FN3O2. The number of carbonyl (C=O) groups excluding carboxylic acids is 1. The molecule has 0 unspecified atom stereocenters. The molecule has 1 fully saturated rings. The quantitative estimate of drug-likeness (QED) is 0.721. The lowest BCUT2D eigenvalue weighted by Gasteiger charge is -2.17. The predicted molar refractivity (Wildman–Crippen MR) is 104 cm³/mol. The lowest BCUT2D eigenvalue weighted by Crippen LogP contribution is -2.16. The molecule has 28 heavy (non-hydrogen) atoms. The first-order valence-corrected chi connectivity index (χ1v) is 9.06. The third-order valence-corrected chi connectivity index (χ3v) is 5.35. The smallest absolute Gasteiger partial charge is 0.258 e. The van der Waals surface area contributed by atoms with E-state index in [2.05, 4.69) is 27.4 Å². The number of benzene rings is 1. The lowest BCUT2D eigenvalue weighted by atomic mass is 9.89. The van der Waals surface area contributed by atoms with E-state index >= 15 is 0 Å². The van der Waals surface area contributed by atoms with Gasteiger partial charge in [0.15, 0.2) is 0 Å². The first kappa shape index (κ1) is 18.1. The molecule has 6 heteroatoms. The Balaban J connectivity index is 1.52. The Bertz CT molecular complexity index is 1010. The van der Waals surface area contributed by atoms with Gasteiger partial charge in [0.05, 0.1) is 18.9 Å². The van der Waals surface area contributed by atoms with Gasteiger partial charge in [0.2, 0.25) is 0 Å². The number of aromatic nitrogens is 2. The summed E-state index contributed by atoms with van der Waals surface area (Å²) in [4.78, 5) is 20.5. The number of amides is 1. The Hall–Kier alpha value is -3.28. The largest absolute Gasteiger partial charge is 0.497 e. The minimum absolute atomic E-state index is 0.0229. The van der Waals surface area contributed by atoms with Crippen LogP contribution in [-0.4, -0.2) is 23.0 Å². The van der Waals surface area contributed by atoms with E-state index in [9.17, 15) is 9.18 Å². The zero-order chi connectivity index (χ0) is 19.7. The Labute approximate surface area is 162 Å². The first-order chi connectivity index (χ1) is 13.5. The van der Waals surface area contributed by atoms with E-state index in [1.165, 1.54) is 11.8 Å². The highest BCUT2D eigenvalue weighted by Crippen LogP contribution is 2.53. The molecule has 2 heterocycles. The normalized spacial score (nSPS) is 14.4. The molecule has 0 radical (unpaired) electrons. The molecule has 2 aromatic heterocycles. The number of methoxy groups -OCH3 is 1. The fourth-order valence-electron chi connectivity index (χ4n) is 3.44. The van der Waals surface area contributed by atoms with E-state index in [4.69, 9.17) is 4.74 Å². The standard InChI is InChI=1S/C22H20FN3O2/c1-14-18(12-24-13-19(14)23)21(27)26-20-8-5-16(11-25-20)22(9-10-22)15-3-6-17(28-2)7-4-15/h3-8,11-13H,9-10H2,1-2H3,(H,25,26,27). The van der Waals surface area contributed by atoms with Crippen LogP contribution in [0.1, 0.15) is 39.9 Å². The van der Waals surface area contributed by atoms with E-state index in [0.717, 1.165) is 30.4 Å². The number of hydrogen-bond donors (Lipinski definition) is 1. The van der Waals surface area contributed by atoms with Gasteiger partial charge in [0.1, 0.15) is 17.4 Å². The van der Waals surface area contributed by atoms with Crippen LogP contribution in [0.25, 0.3) is 0 Å². The van der Waals surface area contributed by atoms with Gasteiger partial charge in [-0.3, -0.25) is 9.78 Å². The second-order valence-electron chi connectivity index (χ2n) is 6.99. The number of rotatable bonds is 5. The minimum Gasteiger partial charge on any atom is -0.497 e. The molecular weight excluding hydrogens is 357 g/mol. The molecule has 1 amide bonds. The SMILES string of the molecule is COc1ccc(C2(c3ccc(NC(=O)c4cncc(F)c4C)nc3)CC2)cc1. The molecule has 1 saturated carbocycles. The van der Waals surface area contributed by atoms with Crippen molar-refractivity contribution in [2.24, 2.45) is 0 Å². The predicted octanol–water partition coefficient (Wildman–Crippen LogP) is 4.26. The van der Waals surface area contributed by atoms with Crippen LogP contribution in [0.2, 0.25) is 0 Å². The molecule has 1 aromatic carbocycles. The summed E-state index contributed by atoms with van der Waals surface area (Å²) in [5.74, 6) is 0.313. The van der Waals surface area contributed by atoms with Gasteiger partial charge >= 0.3 is 0 Å². The van der Waals surface area contributed by atoms with Crippen LogP contribution >= 0.6 is 0 Å². The Morgan fingerprint density at radius 1 is 1.07 bits per heavy atom. The van der Waals surface area contributed by atoms with Crippen molar-refractivity contribution >= 4 is 11.7 Å². The summed E-state index contributed by atoms with van der Waals surface area (Å²) >= 11 is 0. The van der Waals surface area contributed by atoms with Gasteiger partial charge in [-0.1, -0.05) is 18.2 Å². The average molecular weight is 377 g/mol. The summed E-state index contributed by atoms with van der Waals surface area (Å²) < 4.78 is 18.8. The molecule has 0 aliphatic heterocycles. The molecule has 142 valence electrons. The van der Waals surface area contributed by atoms with Crippen molar-refractivity contribution in [2.75, 3.05) is 12.4 Å². The summed E-state index contributed by atoms with van der Waals surface area (Å²) in [6, 6.07) is 11.9. The summed E-state index contributed by atoms with van der Waals surface area (Å²) in [5, 5.41) is 2.71. The maximum absolute atomic E-state index is 13.6. The molecule has 3 aromatic rings. The van der Waals surface area contributed by atoms with E-state index in [-0.39, 0.29) is 16.5 Å². The Kier molecular flexibility index (Phi) is 4.55. The van der Waals surface area contributed by atoms with Crippen LogP contribution in [0.5, 0.6) is 5.75 Å². The third-order valence-electron chi connectivity index (χ3n) is 5.35. The summed E-state index contributed by atoms with van der Waals surface area (Å²) in [6.45, 7) is 1.55. The number of nitrogens with one attached hydrogen (secondary N) is 1. The van der Waals surface area contributed by atoms with E-state index in [1.54, 1.807) is 26.3 Å². The first-order valence-electron chi connectivity index (χ1n) is 9.06. The van der Waals surface area contributed by atoms with Gasteiger partial charge in [0.25, 0.3) is 5.91 Å². The zero-order valence-corrected chi connectivity index (χ0v) is 15.7. The number of halogens is 1. The molecule has 1 N–H and O–H groups in total. The van der Waals surface area contributed by atoms with Gasteiger partial charge in [-0.15, -0.1) is 0 Å². The van der Waals surface area contributed by atoms with Gasteiger partial charge in [0, 0.05) is 23.4 Å². The van der Waals surface area contributed by atoms with Crippen molar-refractivity contribution < 1.29 is 13.9 Å². The molecule has 1 aliphatic rings.